The number of anilines is 1. The maximum Gasteiger partial charge on any atom is 0.221 e. The topological polar surface area (TPSA) is 41.1 Å². The van der Waals surface area contributed by atoms with Crippen molar-refractivity contribution in [2.45, 2.75) is 56.7 Å². The van der Waals surface area contributed by atoms with Crippen molar-refractivity contribution in [3.8, 4) is 0 Å². The van der Waals surface area contributed by atoms with E-state index < -0.39 is 0 Å². The maximum absolute atomic E-state index is 11.0. The van der Waals surface area contributed by atoms with Gasteiger partial charge in [-0.05, 0) is 43.7 Å². The predicted octanol–water partition coefficient (Wildman–Crippen LogP) is 3.90. The summed E-state index contributed by atoms with van der Waals surface area (Å²) >= 11 is 1.88. The van der Waals surface area contributed by atoms with E-state index in [2.05, 4.69) is 43.5 Å². The summed E-state index contributed by atoms with van der Waals surface area (Å²) in [7, 11) is 0. The van der Waals surface area contributed by atoms with Crippen LogP contribution in [0, 0.1) is 0 Å². The molecule has 1 aromatic rings. The summed E-state index contributed by atoms with van der Waals surface area (Å²) in [5, 5.41) is 6.91. The van der Waals surface area contributed by atoms with Crippen LogP contribution >= 0.6 is 11.8 Å². The molecule has 0 radical (unpaired) electrons. The zero-order valence-electron chi connectivity index (χ0n) is 12.9. The lowest BCUT2D eigenvalue weighted by Crippen LogP contribution is -2.36. The Balaban J connectivity index is 2.55. The van der Waals surface area contributed by atoms with Gasteiger partial charge in [0.1, 0.15) is 0 Å². The second kappa shape index (κ2) is 9.03. The molecule has 2 unspecified atom stereocenters. The molecule has 112 valence electrons. The molecule has 1 aromatic carbocycles. The number of amides is 1. The van der Waals surface area contributed by atoms with Gasteiger partial charge in [-0.3, -0.25) is 4.79 Å². The Morgan fingerprint density at radius 1 is 1.25 bits per heavy atom. The Labute approximate surface area is 126 Å². The minimum absolute atomic E-state index is 0.0337. The number of benzene rings is 1. The highest BCUT2D eigenvalue weighted by Gasteiger charge is 2.15. The minimum Gasteiger partial charge on any atom is -0.326 e. The summed E-state index contributed by atoms with van der Waals surface area (Å²) in [6.07, 6.45) is 2.30. The molecule has 0 aliphatic rings. The van der Waals surface area contributed by atoms with Crippen LogP contribution in [0.15, 0.2) is 29.2 Å². The fourth-order valence-corrected chi connectivity index (χ4v) is 3.26. The Morgan fingerprint density at radius 3 is 2.40 bits per heavy atom. The van der Waals surface area contributed by atoms with Crippen molar-refractivity contribution < 1.29 is 4.79 Å². The Bertz CT molecular complexity index is 405. The molecule has 0 aromatic heterocycles. The first-order valence-corrected chi connectivity index (χ1v) is 8.22. The number of carbonyl (C=O) groups excluding carboxylic acids is 1. The van der Waals surface area contributed by atoms with Crippen LogP contribution in [0.2, 0.25) is 0 Å². The van der Waals surface area contributed by atoms with Gasteiger partial charge in [-0.2, -0.15) is 0 Å². The number of thioether (sulfide) groups is 1. The first-order chi connectivity index (χ1) is 9.56. The molecular weight excluding hydrogens is 268 g/mol. The van der Waals surface area contributed by atoms with Gasteiger partial charge in [0.25, 0.3) is 0 Å². The lowest BCUT2D eigenvalue weighted by atomic mass is 10.1. The maximum atomic E-state index is 11.0. The molecule has 0 saturated carbocycles. The van der Waals surface area contributed by atoms with Crippen LogP contribution in [0.3, 0.4) is 0 Å². The van der Waals surface area contributed by atoms with Gasteiger partial charge in [0.2, 0.25) is 5.91 Å². The second-order valence-corrected chi connectivity index (χ2v) is 6.45. The third-order valence-corrected chi connectivity index (χ3v) is 4.40. The molecule has 1 rings (SSSR count). The van der Waals surface area contributed by atoms with Crippen molar-refractivity contribution in [1.29, 1.82) is 0 Å². The van der Waals surface area contributed by atoms with Gasteiger partial charge in [0.15, 0.2) is 0 Å². The van der Waals surface area contributed by atoms with Crippen molar-refractivity contribution in [2.75, 3.05) is 11.9 Å². The highest BCUT2D eigenvalue weighted by molar-refractivity contribution is 8.00. The molecule has 4 heteroatoms. The molecule has 0 spiro atoms. The van der Waals surface area contributed by atoms with Gasteiger partial charge in [-0.1, -0.05) is 20.8 Å². The zero-order chi connectivity index (χ0) is 15.0. The molecule has 0 aliphatic heterocycles. The van der Waals surface area contributed by atoms with Gasteiger partial charge in [0.05, 0.1) is 0 Å². The third kappa shape index (κ3) is 5.97. The first kappa shape index (κ1) is 17.1. The molecule has 0 heterocycles. The highest BCUT2D eigenvalue weighted by atomic mass is 32.2. The smallest absolute Gasteiger partial charge is 0.221 e. The van der Waals surface area contributed by atoms with E-state index in [1.54, 1.807) is 0 Å². The van der Waals surface area contributed by atoms with Gasteiger partial charge in [-0.15, -0.1) is 11.8 Å². The molecule has 2 N–H and O–H groups in total. The second-order valence-electron chi connectivity index (χ2n) is 5.00. The third-order valence-electron chi connectivity index (χ3n) is 3.16. The summed E-state index contributed by atoms with van der Waals surface area (Å²) in [5.74, 6) is -0.0337. The monoisotopic (exact) mass is 294 g/mol. The molecule has 0 aliphatic carbocycles. The standard InChI is InChI=1S/C16H26N2OS/c1-5-11-17-16(6-2)12(3)20-15-9-7-14(8-10-15)18-13(4)19/h7-10,12,16-17H,5-6,11H2,1-4H3,(H,18,19). The molecule has 3 nitrogen and oxygen atoms in total. The van der Waals surface area contributed by atoms with Crippen LogP contribution in [0.5, 0.6) is 0 Å². The zero-order valence-corrected chi connectivity index (χ0v) is 13.7. The van der Waals surface area contributed by atoms with Crippen molar-refractivity contribution in [3.05, 3.63) is 24.3 Å². The molecule has 0 fully saturated rings. The van der Waals surface area contributed by atoms with Crippen molar-refractivity contribution in [2.24, 2.45) is 0 Å². The van der Waals surface area contributed by atoms with Crippen LogP contribution in [-0.2, 0) is 4.79 Å². The van der Waals surface area contributed by atoms with Crippen molar-refractivity contribution in [1.82, 2.24) is 5.32 Å². The number of rotatable bonds is 8. The number of nitrogens with one attached hydrogen (secondary N) is 2. The van der Waals surface area contributed by atoms with Gasteiger partial charge >= 0.3 is 0 Å². The molecule has 0 bridgehead atoms. The molecule has 2 atom stereocenters. The number of carbonyl (C=O) groups is 1. The summed E-state index contributed by atoms with van der Waals surface area (Å²) in [5.41, 5.74) is 0.852. The minimum atomic E-state index is -0.0337. The van der Waals surface area contributed by atoms with E-state index in [4.69, 9.17) is 0 Å². The fourth-order valence-electron chi connectivity index (χ4n) is 2.09. The molecular formula is C16H26N2OS. The van der Waals surface area contributed by atoms with E-state index >= 15 is 0 Å². The van der Waals surface area contributed by atoms with E-state index in [0.717, 1.165) is 18.7 Å². The fraction of sp³-hybridized carbons (Fsp3) is 0.562. The van der Waals surface area contributed by atoms with Crippen molar-refractivity contribution in [3.63, 3.8) is 0 Å². The SMILES string of the molecule is CCCNC(CC)C(C)Sc1ccc(NC(C)=O)cc1. The Kier molecular flexibility index (Phi) is 7.70. The van der Waals surface area contributed by atoms with E-state index in [1.807, 2.05) is 23.9 Å². The van der Waals surface area contributed by atoms with E-state index in [1.165, 1.54) is 18.2 Å². The lowest BCUT2D eigenvalue weighted by molar-refractivity contribution is -0.114. The summed E-state index contributed by atoms with van der Waals surface area (Å²) in [6.45, 7) is 9.28. The van der Waals surface area contributed by atoms with E-state index in [0.29, 0.717) is 11.3 Å². The summed E-state index contributed by atoms with van der Waals surface area (Å²) in [4.78, 5) is 12.2. The largest absolute Gasteiger partial charge is 0.326 e. The molecule has 20 heavy (non-hydrogen) atoms. The average molecular weight is 294 g/mol. The lowest BCUT2D eigenvalue weighted by Gasteiger charge is -2.23. The van der Waals surface area contributed by atoms with Gasteiger partial charge in [0, 0.05) is 28.8 Å². The quantitative estimate of drug-likeness (QED) is 0.714. The normalized spacial score (nSPS) is 13.8. The Morgan fingerprint density at radius 2 is 1.90 bits per heavy atom. The molecule has 0 saturated heterocycles. The average Bonchev–Trinajstić information content (AvgIpc) is 2.41. The first-order valence-electron chi connectivity index (χ1n) is 7.34. The number of hydrogen-bond donors (Lipinski definition) is 2. The predicted molar refractivity (Wildman–Crippen MR) is 88.4 cm³/mol. The van der Waals surface area contributed by atoms with E-state index in [-0.39, 0.29) is 5.91 Å². The number of hydrogen-bond acceptors (Lipinski definition) is 3. The Hall–Kier alpha value is -1.00. The highest BCUT2D eigenvalue weighted by Crippen LogP contribution is 2.27. The van der Waals surface area contributed by atoms with Crippen LogP contribution in [0.4, 0.5) is 5.69 Å². The molecule has 1 amide bonds. The van der Waals surface area contributed by atoms with E-state index in [9.17, 15) is 4.79 Å². The van der Waals surface area contributed by atoms with Crippen molar-refractivity contribution >= 4 is 23.4 Å². The summed E-state index contributed by atoms with van der Waals surface area (Å²) < 4.78 is 0. The van der Waals surface area contributed by atoms with Crippen LogP contribution in [-0.4, -0.2) is 23.7 Å². The van der Waals surface area contributed by atoms with Gasteiger partial charge in [-0.25, -0.2) is 0 Å². The van der Waals surface area contributed by atoms with Crippen LogP contribution in [0.1, 0.15) is 40.5 Å². The van der Waals surface area contributed by atoms with Crippen LogP contribution < -0.4 is 10.6 Å². The summed E-state index contributed by atoms with van der Waals surface area (Å²) in [6, 6.07) is 8.58. The van der Waals surface area contributed by atoms with Gasteiger partial charge < -0.3 is 10.6 Å². The van der Waals surface area contributed by atoms with Crippen LogP contribution in [0.25, 0.3) is 0 Å².